The van der Waals surface area contributed by atoms with Crippen molar-refractivity contribution in [3.63, 3.8) is 0 Å². The first-order valence-corrected chi connectivity index (χ1v) is 7.69. The second-order valence-electron chi connectivity index (χ2n) is 4.02. The Morgan fingerprint density at radius 1 is 1.50 bits per heavy atom. The zero-order chi connectivity index (χ0) is 12.8. The highest BCUT2D eigenvalue weighted by molar-refractivity contribution is 8.01. The number of amides is 1. The van der Waals surface area contributed by atoms with E-state index in [4.69, 9.17) is 4.74 Å². The van der Waals surface area contributed by atoms with Crippen molar-refractivity contribution in [1.82, 2.24) is 10.2 Å². The Kier molecular flexibility index (Phi) is 5.36. The number of anilines is 1. The molecule has 0 unspecified atom stereocenters. The van der Waals surface area contributed by atoms with Crippen molar-refractivity contribution in [1.29, 1.82) is 0 Å². The van der Waals surface area contributed by atoms with E-state index in [1.807, 2.05) is 0 Å². The van der Waals surface area contributed by atoms with Gasteiger partial charge in [-0.3, -0.25) is 4.79 Å². The molecule has 1 aromatic heterocycles. The Labute approximate surface area is 114 Å². The molecule has 0 aromatic carbocycles. The minimum Gasteiger partial charge on any atom is -0.370 e. The molecule has 1 aliphatic heterocycles. The summed E-state index contributed by atoms with van der Waals surface area (Å²) in [4.78, 5) is 12.4. The topological polar surface area (TPSA) is 68.5 Å². The maximum Gasteiger partial charge on any atom is 0.223 e. The van der Waals surface area contributed by atoms with Gasteiger partial charge in [0.25, 0.3) is 0 Å². The Hall–Kier alpha value is -0.700. The van der Waals surface area contributed by atoms with Crippen LogP contribution in [0, 0.1) is 0 Å². The van der Waals surface area contributed by atoms with Crippen LogP contribution in [0.25, 0.3) is 0 Å². The Morgan fingerprint density at radius 3 is 3.00 bits per heavy atom. The molecular weight excluding hydrogens is 272 g/mol. The monoisotopic (exact) mass is 289 g/mol. The molecule has 0 atom stereocenters. The number of morpholine rings is 1. The average molecular weight is 289 g/mol. The van der Waals surface area contributed by atoms with Gasteiger partial charge in [0.1, 0.15) is 13.1 Å². The first-order chi connectivity index (χ1) is 8.74. The van der Waals surface area contributed by atoms with Gasteiger partial charge in [-0.2, -0.15) is 0 Å². The fourth-order valence-corrected chi connectivity index (χ4v) is 3.57. The van der Waals surface area contributed by atoms with Gasteiger partial charge in [0.15, 0.2) is 4.34 Å². The zero-order valence-corrected chi connectivity index (χ0v) is 11.9. The Morgan fingerprint density at radius 2 is 2.28 bits per heavy atom. The molecule has 8 heteroatoms. The molecule has 0 saturated carbocycles. The van der Waals surface area contributed by atoms with E-state index < -0.39 is 0 Å². The summed E-state index contributed by atoms with van der Waals surface area (Å²) in [5.41, 5.74) is 0. The van der Waals surface area contributed by atoms with Crippen molar-refractivity contribution < 1.29 is 14.4 Å². The predicted molar refractivity (Wildman–Crippen MR) is 71.3 cm³/mol. The number of thioether (sulfide) groups is 1. The fourth-order valence-electron chi connectivity index (χ4n) is 1.66. The minimum atomic E-state index is -0.111. The Bertz CT molecular complexity index is 393. The van der Waals surface area contributed by atoms with Crippen molar-refractivity contribution in [2.24, 2.45) is 0 Å². The van der Waals surface area contributed by atoms with Crippen LogP contribution in [0.3, 0.4) is 0 Å². The van der Waals surface area contributed by atoms with E-state index in [-0.39, 0.29) is 5.91 Å². The van der Waals surface area contributed by atoms with E-state index in [0.29, 0.717) is 5.13 Å². The molecular formula is C10H17N4O2S2+. The molecule has 0 bridgehead atoms. The van der Waals surface area contributed by atoms with Crippen LogP contribution in [-0.2, 0) is 9.53 Å². The maximum atomic E-state index is 10.8. The van der Waals surface area contributed by atoms with E-state index in [0.717, 1.165) is 42.9 Å². The number of carbonyl (C=O) groups is 1. The lowest BCUT2D eigenvalue weighted by molar-refractivity contribution is -0.905. The number of hydrogen-bond donors (Lipinski definition) is 2. The molecule has 2 rings (SSSR count). The highest BCUT2D eigenvalue weighted by Gasteiger charge is 2.14. The van der Waals surface area contributed by atoms with E-state index in [1.54, 1.807) is 16.7 Å². The van der Waals surface area contributed by atoms with Crippen molar-refractivity contribution in [2.75, 3.05) is 43.9 Å². The van der Waals surface area contributed by atoms with Crippen LogP contribution in [0.1, 0.15) is 6.92 Å². The molecule has 2 N–H and O–H groups in total. The molecule has 6 nitrogen and oxygen atoms in total. The van der Waals surface area contributed by atoms with Gasteiger partial charge < -0.3 is 15.0 Å². The fraction of sp³-hybridized carbons (Fsp3) is 0.700. The first kappa shape index (κ1) is 13.7. The van der Waals surface area contributed by atoms with Gasteiger partial charge in [0.05, 0.1) is 19.8 Å². The summed E-state index contributed by atoms with van der Waals surface area (Å²) in [7, 11) is 0. The molecule has 0 radical (unpaired) electrons. The van der Waals surface area contributed by atoms with Crippen LogP contribution >= 0.6 is 23.1 Å². The summed E-state index contributed by atoms with van der Waals surface area (Å²) in [6.45, 7) is 6.50. The summed E-state index contributed by atoms with van der Waals surface area (Å²) in [6, 6.07) is 0. The van der Waals surface area contributed by atoms with Crippen molar-refractivity contribution >= 4 is 34.1 Å². The number of ether oxygens (including phenoxy) is 1. The van der Waals surface area contributed by atoms with Crippen LogP contribution in [0.5, 0.6) is 0 Å². The minimum absolute atomic E-state index is 0.111. The normalized spacial score (nSPS) is 16.7. The smallest absolute Gasteiger partial charge is 0.223 e. The Balaban J connectivity index is 1.69. The van der Waals surface area contributed by atoms with E-state index in [2.05, 4.69) is 15.5 Å². The zero-order valence-electron chi connectivity index (χ0n) is 10.3. The standard InChI is InChI=1S/C10H16N4O2S2/c1-8(15)11-9-12-13-10(18-9)17-7-4-14-2-5-16-6-3-14/h2-7H2,1H3,(H,11,12,15)/p+1. The lowest BCUT2D eigenvalue weighted by atomic mass is 10.4. The molecule has 1 aliphatic rings. The third kappa shape index (κ3) is 4.52. The second-order valence-corrected chi connectivity index (χ2v) is 6.33. The summed E-state index contributed by atoms with van der Waals surface area (Å²) in [5, 5.41) is 11.2. The molecule has 2 heterocycles. The number of carbonyl (C=O) groups excluding carboxylic acids is 1. The molecule has 0 spiro atoms. The average Bonchev–Trinajstić information content (AvgIpc) is 2.77. The van der Waals surface area contributed by atoms with Crippen LogP contribution in [0.2, 0.25) is 0 Å². The van der Waals surface area contributed by atoms with Gasteiger partial charge in [-0.15, -0.1) is 10.2 Å². The lowest BCUT2D eigenvalue weighted by Crippen LogP contribution is -3.14. The van der Waals surface area contributed by atoms with Crippen molar-refractivity contribution in [3.05, 3.63) is 0 Å². The first-order valence-electron chi connectivity index (χ1n) is 5.89. The molecule has 1 saturated heterocycles. The number of nitrogens with one attached hydrogen (secondary N) is 2. The SMILES string of the molecule is CC(=O)Nc1nnc(SCC[NH+]2CCOCC2)s1. The van der Waals surface area contributed by atoms with Gasteiger partial charge in [-0.05, 0) is 0 Å². The second kappa shape index (κ2) is 7.03. The summed E-state index contributed by atoms with van der Waals surface area (Å²) in [6.07, 6.45) is 0. The molecule has 100 valence electrons. The summed E-state index contributed by atoms with van der Waals surface area (Å²) < 4.78 is 6.23. The number of quaternary nitrogens is 1. The molecule has 0 aliphatic carbocycles. The van der Waals surface area contributed by atoms with Gasteiger partial charge in [0.2, 0.25) is 11.0 Å². The third-order valence-corrected chi connectivity index (χ3v) is 4.54. The predicted octanol–water partition coefficient (Wildman–Crippen LogP) is -0.496. The largest absolute Gasteiger partial charge is 0.370 e. The molecule has 1 amide bonds. The maximum absolute atomic E-state index is 10.8. The van der Waals surface area contributed by atoms with Crippen LogP contribution in [0.15, 0.2) is 4.34 Å². The third-order valence-electron chi connectivity index (χ3n) is 2.57. The highest BCUT2D eigenvalue weighted by Crippen LogP contribution is 2.24. The van der Waals surface area contributed by atoms with E-state index in [1.165, 1.54) is 18.3 Å². The van der Waals surface area contributed by atoms with Crippen LogP contribution in [-0.4, -0.2) is 54.7 Å². The van der Waals surface area contributed by atoms with Gasteiger partial charge >= 0.3 is 0 Å². The molecule has 1 fully saturated rings. The number of rotatable bonds is 5. The number of aromatic nitrogens is 2. The van der Waals surface area contributed by atoms with E-state index in [9.17, 15) is 4.79 Å². The van der Waals surface area contributed by atoms with E-state index >= 15 is 0 Å². The number of hydrogen-bond acceptors (Lipinski definition) is 6. The molecule has 1 aromatic rings. The summed E-state index contributed by atoms with van der Waals surface area (Å²) in [5.74, 6) is 0.907. The van der Waals surface area contributed by atoms with Gasteiger partial charge in [-0.1, -0.05) is 23.1 Å². The van der Waals surface area contributed by atoms with Crippen LogP contribution < -0.4 is 10.2 Å². The summed E-state index contributed by atoms with van der Waals surface area (Å²) >= 11 is 3.12. The van der Waals surface area contributed by atoms with Gasteiger partial charge in [0, 0.05) is 12.7 Å². The van der Waals surface area contributed by atoms with Gasteiger partial charge in [-0.25, -0.2) is 0 Å². The van der Waals surface area contributed by atoms with Crippen molar-refractivity contribution in [2.45, 2.75) is 11.3 Å². The number of nitrogens with zero attached hydrogens (tertiary/aromatic N) is 2. The van der Waals surface area contributed by atoms with Crippen molar-refractivity contribution in [3.8, 4) is 0 Å². The lowest BCUT2D eigenvalue weighted by Gasteiger charge is -2.23. The van der Waals surface area contributed by atoms with Crippen LogP contribution in [0.4, 0.5) is 5.13 Å². The quantitative estimate of drug-likeness (QED) is 0.565. The highest BCUT2D eigenvalue weighted by atomic mass is 32.2. The molecule has 18 heavy (non-hydrogen) atoms.